The van der Waals surface area contributed by atoms with Gasteiger partial charge in [-0.3, -0.25) is 0 Å². The largest absolute Gasteiger partial charge is 0.598 e. The summed E-state index contributed by atoms with van der Waals surface area (Å²) in [4.78, 5) is 12.8. The standard InChI is InChI=1S/C19H28N2O4S/c1-18(2,3)26(24)20-16-15-6-5-14(25-4)11-13(15)12-19(16)7-9-21(10-8-19)17(22)23/h5-6,11,16,20H,7-10,12H2,1-4H3,(H,22,23)/t16-,26-/m1/s1. The molecule has 26 heavy (non-hydrogen) atoms. The molecule has 1 aromatic rings. The van der Waals surface area contributed by atoms with Gasteiger partial charge in [-0.2, -0.15) is 0 Å². The summed E-state index contributed by atoms with van der Waals surface area (Å²) in [6.45, 7) is 6.90. The number of carbonyl (C=O) groups is 1. The van der Waals surface area contributed by atoms with Crippen LogP contribution in [0.4, 0.5) is 4.79 Å². The highest BCUT2D eigenvalue weighted by Crippen LogP contribution is 2.53. The number of fused-ring (bicyclic) bond motifs is 1. The van der Waals surface area contributed by atoms with Gasteiger partial charge in [0.15, 0.2) is 0 Å². The summed E-state index contributed by atoms with van der Waals surface area (Å²) < 4.78 is 21.2. The molecule has 7 heteroatoms. The van der Waals surface area contributed by atoms with Crippen LogP contribution in [0.2, 0.25) is 0 Å². The van der Waals surface area contributed by atoms with Crippen LogP contribution >= 0.6 is 0 Å². The van der Waals surface area contributed by atoms with Gasteiger partial charge < -0.3 is 19.3 Å². The van der Waals surface area contributed by atoms with Crippen molar-refractivity contribution in [2.45, 2.75) is 50.8 Å². The van der Waals surface area contributed by atoms with Crippen molar-refractivity contribution >= 4 is 17.5 Å². The highest BCUT2D eigenvalue weighted by molar-refractivity contribution is 7.90. The average Bonchev–Trinajstić information content (AvgIpc) is 2.86. The fourth-order valence-corrected chi connectivity index (χ4v) is 4.98. The Morgan fingerprint density at radius 2 is 2.04 bits per heavy atom. The zero-order valence-electron chi connectivity index (χ0n) is 15.9. The number of piperidine rings is 1. The second kappa shape index (κ2) is 6.94. The van der Waals surface area contributed by atoms with Crippen LogP contribution in [-0.2, 0) is 17.8 Å². The third kappa shape index (κ3) is 3.52. The molecule has 6 nitrogen and oxygen atoms in total. The first-order valence-corrected chi connectivity index (χ1v) is 10.1. The fourth-order valence-electron chi connectivity index (χ4n) is 4.04. The van der Waals surface area contributed by atoms with Gasteiger partial charge in [0, 0.05) is 29.9 Å². The maximum absolute atomic E-state index is 12.8. The molecule has 0 aromatic heterocycles. The number of nitrogens with zero attached hydrogens (tertiary/aromatic N) is 1. The van der Waals surface area contributed by atoms with E-state index in [1.54, 1.807) is 7.11 Å². The molecule has 1 aromatic carbocycles. The maximum atomic E-state index is 12.8. The van der Waals surface area contributed by atoms with E-state index in [2.05, 4.69) is 16.9 Å². The highest BCUT2D eigenvalue weighted by atomic mass is 32.2. The molecule has 1 amide bonds. The topological polar surface area (TPSA) is 84.9 Å². The first-order chi connectivity index (χ1) is 12.2. The van der Waals surface area contributed by atoms with Gasteiger partial charge in [-0.15, -0.1) is 4.72 Å². The fraction of sp³-hybridized carbons (Fsp3) is 0.632. The van der Waals surface area contributed by atoms with Crippen LogP contribution in [0.15, 0.2) is 18.2 Å². The molecular formula is C19H28N2O4S. The maximum Gasteiger partial charge on any atom is 0.407 e. The molecule has 1 spiro atoms. The van der Waals surface area contributed by atoms with E-state index in [9.17, 15) is 14.5 Å². The Labute approximate surface area is 158 Å². The zero-order valence-corrected chi connectivity index (χ0v) is 16.7. The third-order valence-corrected chi connectivity index (χ3v) is 7.19. The average molecular weight is 381 g/mol. The smallest absolute Gasteiger partial charge is 0.407 e. The van der Waals surface area contributed by atoms with Crippen LogP contribution in [0.3, 0.4) is 0 Å². The van der Waals surface area contributed by atoms with E-state index in [4.69, 9.17) is 4.74 Å². The third-order valence-electron chi connectivity index (χ3n) is 5.63. The first-order valence-electron chi connectivity index (χ1n) is 8.99. The van der Waals surface area contributed by atoms with E-state index in [-0.39, 0.29) is 16.2 Å². The quantitative estimate of drug-likeness (QED) is 0.787. The minimum Gasteiger partial charge on any atom is -0.598 e. The van der Waals surface area contributed by atoms with E-state index in [0.29, 0.717) is 13.1 Å². The predicted molar refractivity (Wildman–Crippen MR) is 102 cm³/mol. The van der Waals surface area contributed by atoms with Gasteiger partial charge in [0.05, 0.1) is 13.2 Å². The molecule has 1 heterocycles. The van der Waals surface area contributed by atoms with E-state index < -0.39 is 17.5 Å². The Balaban J connectivity index is 1.91. The van der Waals surface area contributed by atoms with Crippen LogP contribution < -0.4 is 9.46 Å². The van der Waals surface area contributed by atoms with Crippen molar-refractivity contribution in [3.05, 3.63) is 29.3 Å². The van der Waals surface area contributed by atoms with Gasteiger partial charge in [-0.1, -0.05) is 6.07 Å². The number of methoxy groups -OCH3 is 1. The summed E-state index contributed by atoms with van der Waals surface area (Å²) in [7, 11) is 1.65. The predicted octanol–water partition coefficient (Wildman–Crippen LogP) is 3.10. The Kier molecular flexibility index (Phi) is 5.16. The zero-order chi connectivity index (χ0) is 19.1. The van der Waals surface area contributed by atoms with Crippen molar-refractivity contribution in [2.75, 3.05) is 20.2 Å². The minimum atomic E-state index is -1.20. The number of likely N-dealkylation sites (tertiary alicyclic amines) is 1. The van der Waals surface area contributed by atoms with Crippen molar-refractivity contribution in [2.24, 2.45) is 5.41 Å². The Morgan fingerprint density at radius 1 is 1.38 bits per heavy atom. The summed E-state index contributed by atoms with van der Waals surface area (Å²) in [5, 5.41) is 9.27. The molecule has 1 aliphatic carbocycles. The van der Waals surface area contributed by atoms with E-state index in [1.165, 1.54) is 10.5 Å². The van der Waals surface area contributed by atoms with E-state index in [0.717, 1.165) is 30.6 Å². The molecule has 0 saturated carbocycles. The number of nitrogens with one attached hydrogen (secondary N) is 1. The van der Waals surface area contributed by atoms with E-state index in [1.807, 2.05) is 26.8 Å². The monoisotopic (exact) mass is 380 g/mol. The Morgan fingerprint density at radius 3 is 2.58 bits per heavy atom. The number of benzene rings is 1. The highest BCUT2D eigenvalue weighted by Gasteiger charge is 2.51. The van der Waals surface area contributed by atoms with Gasteiger partial charge in [0.2, 0.25) is 0 Å². The molecule has 144 valence electrons. The number of amides is 1. The molecular weight excluding hydrogens is 352 g/mol. The van der Waals surface area contributed by atoms with Crippen LogP contribution in [-0.4, -0.2) is 45.6 Å². The molecule has 0 bridgehead atoms. The lowest BCUT2D eigenvalue weighted by molar-refractivity contribution is 0.0764. The van der Waals surface area contributed by atoms with Crippen LogP contribution in [0, 0.1) is 5.41 Å². The van der Waals surface area contributed by atoms with Crippen molar-refractivity contribution in [3.8, 4) is 5.75 Å². The number of hydrogen-bond donors (Lipinski definition) is 2. The van der Waals surface area contributed by atoms with Crippen molar-refractivity contribution in [1.29, 1.82) is 0 Å². The first kappa shape index (κ1) is 19.3. The van der Waals surface area contributed by atoms with Crippen LogP contribution in [0.25, 0.3) is 0 Å². The molecule has 2 atom stereocenters. The summed E-state index contributed by atoms with van der Waals surface area (Å²) in [6.07, 6.45) is 1.51. The molecule has 1 fully saturated rings. The molecule has 3 rings (SSSR count). The van der Waals surface area contributed by atoms with Crippen LogP contribution in [0.5, 0.6) is 5.75 Å². The number of ether oxygens (including phenoxy) is 1. The van der Waals surface area contributed by atoms with Crippen LogP contribution in [0.1, 0.15) is 50.8 Å². The lowest BCUT2D eigenvalue weighted by Gasteiger charge is -2.43. The summed E-state index contributed by atoms with van der Waals surface area (Å²) in [6, 6.07) is 6.02. The minimum absolute atomic E-state index is 0.0422. The summed E-state index contributed by atoms with van der Waals surface area (Å²) in [5.74, 6) is 0.819. The van der Waals surface area contributed by atoms with E-state index >= 15 is 0 Å². The molecule has 1 aliphatic heterocycles. The lowest BCUT2D eigenvalue weighted by Crippen LogP contribution is -2.50. The van der Waals surface area contributed by atoms with Gasteiger partial charge in [-0.25, -0.2) is 4.79 Å². The van der Waals surface area contributed by atoms with Gasteiger partial charge >= 0.3 is 6.09 Å². The van der Waals surface area contributed by atoms with Crippen molar-refractivity contribution in [1.82, 2.24) is 9.62 Å². The number of rotatable bonds is 3. The van der Waals surface area contributed by atoms with Crippen molar-refractivity contribution < 1.29 is 19.2 Å². The molecule has 2 N–H and O–H groups in total. The van der Waals surface area contributed by atoms with Gasteiger partial charge in [-0.05, 0) is 63.3 Å². The summed E-state index contributed by atoms with van der Waals surface area (Å²) >= 11 is -1.20. The summed E-state index contributed by atoms with van der Waals surface area (Å²) in [5.41, 5.74) is 2.25. The second-order valence-electron chi connectivity index (χ2n) is 8.31. The molecule has 0 unspecified atom stereocenters. The lowest BCUT2D eigenvalue weighted by atomic mass is 9.73. The molecule has 0 radical (unpaired) electrons. The molecule has 2 aliphatic rings. The number of carboxylic acid groups (broad SMARTS) is 1. The number of hydrogen-bond acceptors (Lipinski definition) is 4. The normalized spacial score (nSPS) is 23.0. The van der Waals surface area contributed by atoms with Crippen molar-refractivity contribution in [3.63, 3.8) is 0 Å². The SMILES string of the molecule is COc1ccc2c(c1)CC1(CCN(C(=O)O)CC1)[C@@H]2N[S@+]([O-])C(C)(C)C. The Hall–Kier alpha value is -1.44. The second-order valence-corrected chi connectivity index (χ2v) is 10.3. The Bertz CT molecular complexity index is 681. The molecule has 1 saturated heterocycles. The van der Waals surface area contributed by atoms with Gasteiger partial charge in [0.25, 0.3) is 0 Å². The van der Waals surface area contributed by atoms with Gasteiger partial charge in [0.1, 0.15) is 10.5 Å².